The monoisotopic (exact) mass is 486 g/mol. The quantitative estimate of drug-likeness (QED) is 0.638. The molecule has 0 radical (unpaired) electrons. The summed E-state index contributed by atoms with van der Waals surface area (Å²) in [6.45, 7) is 4.43. The Kier molecular flexibility index (Phi) is 10.0. The summed E-state index contributed by atoms with van der Waals surface area (Å²) >= 11 is 1.45. The fourth-order valence-corrected chi connectivity index (χ4v) is 5.32. The fraction of sp³-hybridized carbons (Fsp3) is 0.591. The Bertz CT molecular complexity index is 918. The summed E-state index contributed by atoms with van der Waals surface area (Å²) < 4.78 is 1.69. The normalized spacial score (nSPS) is 19.2. The van der Waals surface area contributed by atoms with E-state index < -0.39 is 0 Å². The van der Waals surface area contributed by atoms with Crippen molar-refractivity contribution >= 4 is 47.2 Å². The zero-order chi connectivity index (χ0) is 20.2. The molecule has 6 nitrogen and oxygen atoms in total. The summed E-state index contributed by atoms with van der Waals surface area (Å²) in [6.07, 6.45) is 10.2. The Morgan fingerprint density at radius 1 is 1.23 bits per heavy atom. The van der Waals surface area contributed by atoms with Crippen LogP contribution >= 0.6 is 36.2 Å². The molecule has 3 heterocycles. The van der Waals surface area contributed by atoms with Crippen molar-refractivity contribution in [3.05, 3.63) is 44.8 Å². The molecule has 0 bridgehead atoms. The highest BCUT2D eigenvalue weighted by Gasteiger charge is 2.22. The molecule has 4 rings (SSSR count). The van der Waals surface area contributed by atoms with E-state index in [0.717, 1.165) is 31.6 Å². The standard InChI is InChI=1S/C22H30N4O2S.2ClH/c1-15-9-11-26(13-16-6-5-10-23-12-16)21(28)19(15)20(27)25-22-24-18(14-29-22)17-7-3-2-4-8-17;;/h9,11,14,16-17,23H,2-8,10,12-13H2,1H3,(H,24,25,27);2*1H. The number of carbonyl (C=O) groups is 1. The van der Waals surface area contributed by atoms with Gasteiger partial charge in [-0.05, 0) is 63.2 Å². The molecular formula is C22H32Cl2N4O2S. The molecule has 2 N–H and O–H groups in total. The number of nitrogens with one attached hydrogen (secondary N) is 2. The molecule has 1 saturated carbocycles. The van der Waals surface area contributed by atoms with Crippen LogP contribution in [0.4, 0.5) is 5.13 Å². The lowest BCUT2D eigenvalue weighted by atomic mass is 9.87. The highest BCUT2D eigenvalue weighted by molar-refractivity contribution is 7.14. The van der Waals surface area contributed by atoms with Crippen molar-refractivity contribution < 1.29 is 4.79 Å². The lowest BCUT2D eigenvalue weighted by molar-refractivity contribution is 0.102. The van der Waals surface area contributed by atoms with Gasteiger partial charge in [-0.3, -0.25) is 14.9 Å². The molecule has 31 heavy (non-hydrogen) atoms. The number of carbonyl (C=O) groups excluding carboxylic acids is 1. The van der Waals surface area contributed by atoms with Crippen LogP contribution in [0.5, 0.6) is 0 Å². The van der Waals surface area contributed by atoms with E-state index in [1.165, 1.54) is 43.4 Å². The smallest absolute Gasteiger partial charge is 0.263 e. The van der Waals surface area contributed by atoms with Gasteiger partial charge in [0, 0.05) is 24.0 Å². The summed E-state index contributed by atoms with van der Waals surface area (Å²) in [6, 6.07) is 1.86. The molecule has 9 heteroatoms. The second kappa shape index (κ2) is 12.0. The van der Waals surface area contributed by atoms with Crippen LogP contribution in [0.3, 0.4) is 0 Å². The molecule has 172 valence electrons. The van der Waals surface area contributed by atoms with Gasteiger partial charge in [0.2, 0.25) is 0 Å². The molecular weight excluding hydrogens is 455 g/mol. The summed E-state index contributed by atoms with van der Waals surface area (Å²) in [7, 11) is 0. The van der Waals surface area contributed by atoms with Crippen LogP contribution in [0.2, 0.25) is 0 Å². The second-order valence-corrected chi connectivity index (χ2v) is 9.27. The minimum Gasteiger partial charge on any atom is -0.316 e. The summed E-state index contributed by atoms with van der Waals surface area (Å²) in [5.74, 6) is 0.579. The Balaban J connectivity index is 0.00000171. The number of hydrogen-bond donors (Lipinski definition) is 2. The predicted molar refractivity (Wildman–Crippen MR) is 131 cm³/mol. The molecule has 2 aliphatic rings. The number of halogens is 2. The number of aromatic nitrogens is 2. The molecule has 2 aromatic heterocycles. The van der Waals surface area contributed by atoms with Crippen molar-refractivity contribution in [3.8, 4) is 0 Å². The lowest BCUT2D eigenvalue weighted by Crippen LogP contribution is -2.36. The number of anilines is 1. The molecule has 0 aromatic carbocycles. The Morgan fingerprint density at radius 3 is 2.71 bits per heavy atom. The SMILES string of the molecule is Cc1ccn(CC2CCCNC2)c(=O)c1C(=O)Nc1nc(C2CCCCC2)cs1.Cl.Cl. The Labute approximate surface area is 200 Å². The van der Waals surface area contributed by atoms with Gasteiger partial charge in [-0.25, -0.2) is 4.98 Å². The number of amides is 1. The number of hydrogen-bond acceptors (Lipinski definition) is 5. The van der Waals surface area contributed by atoms with Gasteiger partial charge in [0.25, 0.3) is 11.5 Å². The summed E-state index contributed by atoms with van der Waals surface area (Å²) in [5, 5.41) is 8.89. The number of thiazole rings is 1. The Morgan fingerprint density at radius 2 is 2.00 bits per heavy atom. The van der Waals surface area contributed by atoms with Crippen LogP contribution in [0.15, 0.2) is 22.4 Å². The van der Waals surface area contributed by atoms with E-state index in [1.807, 2.05) is 19.2 Å². The van der Waals surface area contributed by atoms with Crippen LogP contribution in [0.25, 0.3) is 0 Å². The lowest BCUT2D eigenvalue weighted by Gasteiger charge is -2.23. The maximum atomic E-state index is 13.0. The van der Waals surface area contributed by atoms with Crippen molar-refractivity contribution in [2.45, 2.75) is 64.3 Å². The second-order valence-electron chi connectivity index (χ2n) is 8.41. The van der Waals surface area contributed by atoms with Gasteiger partial charge in [0.1, 0.15) is 5.56 Å². The topological polar surface area (TPSA) is 76.0 Å². The van der Waals surface area contributed by atoms with Gasteiger partial charge in [-0.15, -0.1) is 36.2 Å². The van der Waals surface area contributed by atoms with Crippen LogP contribution in [0.1, 0.15) is 72.5 Å². The van der Waals surface area contributed by atoms with Gasteiger partial charge in [0.05, 0.1) is 5.69 Å². The Hall–Kier alpha value is -1.41. The van der Waals surface area contributed by atoms with Crippen LogP contribution < -0.4 is 16.2 Å². The van der Waals surface area contributed by atoms with E-state index >= 15 is 0 Å². The molecule has 0 spiro atoms. The van der Waals surface area contributed by atoms with Gasteiger partial charge in [-0.2, -0.15) is 0 Å². The van der Waals surface area contributed by atoms with E-state index in [0.29, 0.717) is 29.1 Å². The molecule has 1 aliphatic carbocycles. The maximum absolute atomic E-state index is 13.0. The van der Waals surface area contributed by atoms with E-state index in [9.17, 15) is 9.59 Å². The van der Waals surface area contributed by atoms with Gasteiger partial charge in [0.15, 0.2) is 5.13 Å². The van der Waals surface area contributed by atoms with E-state index in [1.54, 1.807) is 4.57 Å². The first kappa shape index (κ1) is 25.8. The van der Waals surface area contributed by atoms with Crippen molar-refractivity contribution in [3.63, 3.8) is 0 Å². The third-order valence-electron chi connectivity index (χ3n) is 6.22. The zero-order valence-electron chi connectivity index (χ0n) is 17.9. The summed E-state index contributed by atoms with van der Waals surface area (Å²) in [5.41, 5.74) is 1.80. The zero-order valence-corrected chi connectivity index (χ0v) is 20.3. The van der Waals surface area contributed by atoms with E-state index in [2.05, 4.69) is 21.0 Å². The third-order valence-corrected chi connectivity index (χ3v) is 7.00. The van der Waals surface area contributed by atoms with Crippen molar-refractivity contribution in [2.75, 3.05) is 18.4 Å². The number of piperidine rings is 1. The third kappa shape index (κ3) is 6.31. The van der Waals surface area contributed by atoms with Gasteiger partial charge < -0.3 is 9.88 Å². The predicted octanol–water partition coefficient (Wildman–Crippen LogP) is 4.76. The molecule has 1 amide bonds. The molecule has 1 atom stereocenters. The first-order valence-corrected chi connectivity index (χ1v) is 11.7. The highest BCUT2D eigenvalue weighted by atomic mass is 35.5. The number of rotatable bonds is 5. The average Bonchev–Trinajstić information content (AvgIpc) is 3.20. The van der Waals surface area contributed by atoms with Gasteiger partial charge >= 0.3 is 0 Å². The first-order valence-electron chi connectivity index (χ1n) is 10.8. The average molecular weight is 487 g/mol. The maximum Gasteiger partial charge on any atom is 0.263 e. The van der Waals surface area contributed by atoms with E-state index in [4.69, 9.17) is 0 Å². The minimum atomic E-state index is -0.354. The number of pyridine rings is 1. The minimum absolute atomic E-state index is 0. The molecule has 1 saturated heterocycles. The van der Waals surface area contributed by atoms with Crippen LogP contribution in [-0.4, -0.2) is 28.5 Å². The van der Waals surface area contributed by atoms with Gasteiger partial charge in [-0.1, -0.05) is 19.3 Å². The van der Waals surface area contributed by atoms with Crippen LogP contribution in [0, 0.1) is 12.8 Å². The molecule has 2 aromatic rings. The van der Waals surface area contributed by atoms with E-state index in [-0.39, 0.29) is 41.8 Å². The van der Waals surface area contributed by atoms with Crippen molar-refractivity contribution in [1.82, 2.24) is 14.9 Å². The van der Waals surface area contributed by atoms with Crippen LogP contribution in [-0.2, 0) is 6.54 Å². The molecule has 1 unspecified atom stereocenters. The molecule has 1 aliphatic heterocycles. The first-order chi connectivity index (χ1) is 14.1. The summed E-state index contributed by atoms with van der Waals surface area (Å²) in [4.78, 5) is 30.6. The molecule has 2 fully saturated rings. The number of nitrogens with zero attached hydrogens (tertiary/aromatic N) is 2. The van der Waals surface area contributed by atoms with Crippen molar-refractivity contribution in [1.29, 1.82) is 0 Å². The number of aryl methyl sites for hydroxylation is 1. The van der Waals surface area contributed by atoms with Crippen molar-refractivity contribution in [2.24, 2.45) is 5.92 Å². The fourth-order valence-electron chi connectivity index (χ4n) is 4.53. The largest absolute Gasteiger partial charge is 0.316 e. The highest BCUT2D eigenvalue weighted by Crippen LogP contribution is 2.34.